The molecule has 0 radical (unpaired) electrons. The van der Waals surface area contributed by atoms with Crippen molar-refractivity contribution >= 4 is 17.0 Å². The van der Waals surface area contributed by atoms with Crippen molar-refractivity contribution in [2.75, 3.05) is 0 Å². The van der Waals surface area contributed by atoms with Gasteiger partial charge in [0.15, 0.2) is 0 Å². The molecule has 2 N–H and O–H groups in total. The predicted octanol–water partition coefficient (Wildman–Crippen LogP) is 2.71. The number of aromatic nitrogens is 2. The molecule has 1 fully saturated rings. The van der Waals surface area contributed by atoms with E-state index < -0.39 is 5.97 Å². The third kappa shape index (κ3) is 1.76. The Morgan fingerprint density at radius 1 is 1.29 bits per heavy atom. The quantitative estimate of drug-likeness (QED) is 0.911. The Balaban J connectivity index is 2.09. The van der Waals surface area contributed by atoms with Gasteiger partial charge in [0.1, 0.15) is 0 Å². The normalized spacial score (nSPS) is 19.8. The molecule has 1 aliphatic carbocycles. The first-order chi connectivity index (χ1) is 9.68. The van der Waals surface area contributed by atoms with Crippen LogP contribution in [0.1, 0.15) is 38.1 Å². The number of carboxylic acids is 1. The molecule has 21 heavy (non-hydrogen) atoms. The van der Waals surface area contributed by atoms with Crippen LogP contribution < -0.4 is 5.69 Å². The van der Waals surface area contributed by atoms with Crippen molar-refractivity contribution in [1.29, 1.82) is 0 Å². The summed E-state index contributed by atoms with van der Waals surface area (Å²) < 4.78 is 1.67. The predicted molar refractivity (Wildman–Crippen MR) is 80.6 cm³/mol. The highest BCUT2D eigenvalue weighted by Gasteiger charge is 2.64. The summed E-state index contributed by atoms with van der Waals surface area (Å²) in [7, 11) is 0. The Kier molecular flexibility index (Phi) is 2.65. The van der Waals surface area contributed by atoms with Crippen LogP contribution in [0.4, 0.5) is 0 Å². The number of hydrogen-bond donors (Lipinski definition) is 2. The van der Waals surface area contributed by atoms with Crippen molar-refractivity contribution in [3.05, 3.63) is 34.2 Å². The van der Waals surface area contributed by atoms with Gasteiger partial charge in [0, 0.05) is 6.54 Å². The number of benzene rings is 1. The van der Waals surface area contributed by atoms with Gasteiger partial charge in [0.25, 0.3) is 0 Å². The van der Waals surface area contributed by atoms with Gasteiger partial charge in [-0.2, -0.15) is 0 Å². The molecule has 5 heteroatoms. The van der Waals surface area contributed by atoms with Crippen LogP contribution in [0, 0.1) is 16.7 Å². The highest BCUT2D eigenvalue weighted by atomic mass is 16.4. The van der Waals surface area contributed by atoms with Gasteiger partial charge in [0.05, 0.1) is 16.6 Å². The Morgan fingerprint density at radius 3 is 2.43 bits per heavy atom. The van der Waals surface area contributed by atoms with E-state index in [1.165, 1.54) is 6.07 Å². The van der Waals surface area contributed by atoms with E-state index in [1.807, 2.05) is 0 Å². The first-order valence-electron chi connectivity index (χ1n) is 7.12. The molecule has 1 saturated carbocycles. The zero-order chi connectivity index (χ0) is 15.6. The van der Waals surface area contributed by atoms with Crippen LogP contribution in [-0.2, 0) is 6.54 Å². The summed E-state index contributed by atoms with van der Waals surface area (Å²) in [6.07, 6.45) is 0. The number of hydrogen-bond acceptors (Lipinski definition) is 2. The van der Waals surface area contributed by atoms with E-state index in [1.54, 1.807) is 16.7 Å². The topological polar surface area (TPSA) is 75.1 Å². The zero-order valence-corrected chi connectivity index (χ0v) is 12.7. The van der Waals surface area contributed by atoms with Crippen molar-refractivity contribution < 1.29 is 9.90 Å². The lowest BCUT2D eigenvalue weighted by atomic mass is 10.0. The van der Waals surface area contributed by atoms with E-state index in [9.17, 15) is 14.7 Å². The number of nitrogens with one attached hydrogen (secondary N) is 1. The minimum absolute atomic E-state index is 0.137. The van der Waals surface area contributed by atoms with Crippen LogP contribution in [0.5, 0.6) is 0 Å². The molecule has 0 spiro atoms. The number of para-hydroxylation sites is 1. The number of rotatable bonds is 3. The largest absolute Gasteiger partial charge is 0.478 e. The lowest BCUT2D eigenvalue weighted by Crippen LogP contribution is -2.19. The van der Waals surface area contributed by atoms with E-state index >= 15 is 0 Å². The maximum atomic E-state index is 12.2. The third-order valence-electron chi connectivity index (χ3n) is 5.73. The van der Waals surface area contributed by atoms with Crippen LogP contribution >= 0.6 is 0 Å². The van der Waals surface area contributed by atoms with Gasteiger partial charge in [-0.05, 0) is 28.9 Å². The van der Waals surface area contributed by atoms with Gasteiger partial charge >= 0.3 is 11.7 Å². The molecule has 2 aromatic rings. The summed E-state index contributed by atoms with van der Waals surface area (Å²) in [4.78, 5) is 26.1. The lowest BCUT2D eigenvalue weighted by Gasteiger charge is -2.05. The van der Waals surface area contributed by atoms with Crippen LogP contribution in [0.25, 0.3) is 11.0 Å². The van der Waals surface area contributed by atoms with Crippen molar-refractivity contribution in [3.63, 3.8) is 0 Å². The van der Waals surface area contributed by atoms with Crippen molar-refractivity contribution in [1.82, 2.24) is 9.55 Å². The fourth-order valence-corrected chi connectivity index (χ4v) is 3.51. The molecular formula is C16H20N2O3. The van der Waals surface area contributed by atoms with Gasteiger partial charge in [-0.3, -0.25) is 4.57 Å². The SMILES string of the molecule is CC1(C)C(Cn2c(=O)[nH]c3c(C(=O)O)cccc32)C1(C)C. The third-order valence-corrected chi connectivity index (χ3v) is 5.73. The monoisotopic (exact) mass is 288 g/mol. The summed E-state index contributed by atoms with van der Waals surface area (Å²) in [5.41, 5.74) is 1.33. The molecule has 0 amide bonds. The average molecular weight is 288 g/mol. The molecule has 0 aliphatic heterocycles. The van der Waals surface area contributed by atoms with E-state index in [0.717, 1.165) is 0 Å². The summed E-state index contributed by atoms with van der Waals surface area (Å²) in [6.45, 7) is 9.45. The zero-order valence-electron chi connectivity index (χ0n) is 12.7. The second kappa shape index (κ2) is 4.00. The molecule has 0 saturated heterocycles. The Morgan fingerprint density at radius 2 is 1.90 bits per heavy atom. The molecule has 1 aromatic carbocycles. The second-order valence-corrected chi connectivity index (χ2v) is 7.04. The summed E-state index contributed by atoms with van der Waals surface area (Å²) in [5, 5.41) is 9.21. The number of aromatic carboxylic acids is 1. The molecule has 1 aromatic heterocycles. The van der Waals surface area contributed by atoms with Crippen LogP contribution in [0.15, 0.2) is 23.0 Å². The average Bonchev–Trinajstić information content (AvgIpc) is 2.67. The molecule has 112 valence electrons. The van der Waals surface area contributed by atoms with E-state index in [-0.39, 0.29) is 22.1 Å². The number of carbonyl (C=O) groups is 1. The Labute approximate surface area is 122 Å². The molecule has 1 aliphatic rings. The molecule has 0 bridgehead atoms. The smallest absolute Gasteiger partial charge is 0.337 e. The van der Waals surface area contributed by atoms with E-state index in [2.05, 4.69) is 32.7 Å². The van der Waals surface area contributed by atoms with E-state index in [4.69, 9.17) is 0 Å². The standard InChI is InChI=1S/C16H20N2O3/c1-15(2)11(16(15,3)4)8-18-10-7-5-6-9(13(19)20)12(10)17-14(18)21/h5-7,11H,8H2,1-4H3,(H,17,21)(H,19,20). The number of fused-ring (bicyclic) bond motifs is 1. The van der Waals surface area contributed by atoms with Crippen LogP contribution in [0.3, 0.4) is 0 Å². The maximum Gasteiger partial charge on any atom is 0.337 e. The molecular weight excluding hydrogens is 268 g/mol. The van der Waals surface area contributed by atoms with Gasteiger partial charge in [0.2, 0.25) is 0 Å². The second-order valence-electron chi connectivity index (χ2n) is 7.04. The fourth-order valence-electron chi connectivity index (χ4n) is 3.51. The molecule has 5 nitrogen and oxygen atoms in total. The molecule has 1 heterocycles. The highest BCUT2D eigenvalue weighted by Crippen LogP contribution is 2.68. The van der Waals surface area contributed by atoms with Gasteiger partial charge in [-0.25, -0.2) is 9.59 Å². The number of imidazole rings is 1. The number of nitrogens with zero attached hydrogens (tertiary/aromatic N) is 1. The summed E-state index contributed by atoms with van der Waals surface area (Å²) in [5.74, 6) is -0.628. The summed E-state index contributed by atoms with van der Waals surface area (Å²) >= 11 is 0. The van der Waals surface area contributed by atoms with Gasteiger partial charge in [-0.15, -0.1) is 0 Å². The minimum atomic E-state index is -1.03. The molecule has 0 atom stereocenters. The van der Waals surface area contributed by atoms with Crippen LogP contribution in [0.2, 0.25) is 0 Å². The molecule has 3 rings (SSSR count). The minimum Gasteiger partial charge on any atom is -0.478 e. The number of carboxylic acid groups (broad SMARTS) is 1. The molecule has 0 unspecified atom stereocenters. The highest BCUT2D eigenvalue weighted by molar-refractivity contribution is 6.00. The fraction of sp³-hybridized carbons (Fsp3) is 0.500. The Bertz CT molecular complexity index is 781. The van der Waals surface area contributed by atoms with E-state index in [0.29, 0.717) is 23.5 Å². The number of aromatic amines is 1. The van der Waals surface area contributed by atoms with Crippen LogP contribution in [-0.4, -0.2) is 20.6 Å². The van der Waals surface area contributed by atoms with Gasteiger partial charge < -0.3 is 10.1 Å². The first kappa shape index (κ1) is 13.9. The summed E-state index contributed by atoms with van der Waals surface area (Å²) in [6, 6.07) is 4.98. The van der Waals surface area contributed by atoms with Crippen molar-refractivity contribution in [3.8, 4) is 0 Å². The maximum absolute atomic E-state index is 12.2. The van der Waals surface area contributed by atoms with Gasteiger partial charge in [-0.1, -0.05) is 33.8 Å². The first-order valence-corrected chi connectivity index (χ1v) is 7.12. The van der Waals surface area contributed by atoms with Crippen molar-refractivity contribution in [2.45, 2.75) is 34.2 Å². The van der Waals surface area contributed by atoms with Crippen molar-refractivity contribution in [2.24, 2.45) is 16.7 Å². The number of H-pyrrole nitrogens is 1. The lowest BCUT2D eigenvalue weighted by molar-refractivity contribution is 0.0699. The Hall–Kier alpha value is -2.04.